The molecule has 0 saturated carbocycles. The first-order valence-electron chi connectivity index (χ1n) is 10.9. The number of thiazole rings is 1. The third-order valence-electron chi connectivity index (χ3n) is 5.85. The summed E-state index contributed by atoms with van der Waals surface area (Å²) in [7, 11) is 1.24. The van der Waals surface area contributed by atoms with Crippen molar-refractivity contribution in [2.75, 3.05) is 18.6 Å². The molecule has 4 N–H and O–H groups in total. The Bertz CT molecular complexity index is 1610. The molecule has 3 aromatic rings. The minimum Gasteiger partial charge on any atom is -0.477 e. The number of carboxylic acids is 1. The van der Waals surface area contributed by atoms with Crippen LogP contribution >= 0.6 is 34.7 Å². The summed E-state index contributed by atoms with van der Waals surface area (Å²) in [5.41, 5.74) is 7.10. The molecule has 38 heavy (non-hydrogen) atoms. The first kappa shape index (κ1) is 25.5. The predicted octanol–water partition coefficient (Wildman–Crippen LogP) is 0.580. The number of carbonyl (C=O) groups is 3. The van der Waals surface area contributed by atoms with Gasteiger partial charge in [0.05, 0.1) is 17.8 Å². The van der Waals surface area contributed by atoms with Crippen LogP contribution < -0.4 is 15.6 Å². The van der Waals surface area contributed by atoms with E-state index < -0.39 is 29.2 Å². The van der Waals surface area contributed by atoms with Crippen LogP contribution in [0.2, 0.25) is 4.34 Å². The Morgan fingerprint density at radius 3 is 2.95 bits per heavy atom. The molecule has 16 heteroatoms. The number of rotatable bonds is 7. The zero-order chi connectivity index (χ0) is 27.1. The molecular weight excluding hydrogens is 556 g/mol. The van der Waals surface area contributed by atoms with Gasteiger partial charge in [0, 0.05) is 17.4 Å². The standard InChI is InChI=1S/C22H17ClN8O5S2/c1-36-28-14(13-17(23)38-22(25)27-13)18(32)26-15-19(33)31-16(21(34)35)11(8-37-20(15)31)6-29-7-12-4-10(5-24)2-3-30(12)9-29/h2-4,7,9,15,20H,6,8H2,1H3,(H3-,25,26,27,32,34,35)/p+1/b28-14-/t15-,20-/m1/s1. The lowest BCUT2D eigenvalue weighted by molar-refractivity contribution is -0.687. The molecule has 2 aliphatic heterocycles. The topological polar surface area (TPSA) is 179 Å². The van der Waals surface area contributed by atoms with E-state index in [4.69, 9.17) is 27.4 Å². The van der Waals surface area contributed by atoms with Crippen molar-refractivity contribution >= 4 is 68.8 Å². The van der Waals surface area contributed by atoms with E-state index in [0.717, 1.165) is 16.9 Å². The number of pyridine rings is 1. The summed E-state index contributed by atoms with van der Waals surface area (Å²) in [6.07, 6.45) is 5.30. The summed E-state index contributed by atoms with van der Waals surface area (Å²) in [4.78, 5) is 48.2. The molecule has 0 spiro atoms. The number of hydrogen-bond acceptors (Lipinski definition) is 10. The third kappa shape index (κ3) is 4.42. The maximum atomic E-state index is 13.1. The molecule has 0 aromatic carbocycles. The van der Waals surface area contributed by atoms with E-state index in [9.17, 15) is 19.5 Å². The smallest absolute Gasteiger partial charge is 0.352 e. The summed E-state index contributed by atoms with van der Waals surface area (Å²) in [6, 6.07) is 4.48. The van der Waals surface area contributed by atoms with Crippen molar-refractivity contribution in [2.45, 2.75) is 18.0 Å². The molecule has 13 nitrogen and oxygen atoms in total. The quantitative estimate of drug-likeness (QED) is 0.158. The molecule has 0 radical (unpaired) electrons. The average molecular weight is 574 g/mol. The normalized spacial score (nSPS) is 19.1. The lowest BCUT2D eigenvalue weighted by Gasteiger charge is -2.49. The van der Waals surface area contributed by atoms with E-state index in [1.807, 2.05) is 4.40 Å². The fourth-order valence-corrected chi connectivity index (χ4v) is 6.50. The van der Waals surface area contributed by atoms with Crippen LogP contribution in [-0.2, 0) is 25.8 Å². The second-order valence-electron chi connectivity index (χ2n) is 8.19. The number of carboxylic acid groups (broad SMARTS) is 1. The summed E-state index contributed by atoms with van der Waals surface area (Å²) in [5, 5.41) is 24.9. The van der Waals surface area contributed by atoms with Crippen LogP contribution in [0, 0.1) is 11.3 Å². The highest BCUT2D eigenvalue weighted by Gasteiger charge is 2.54. The van der Waals surface area contributed by atoms with E-state index in [2.05, 4.69) is 21.5 Å². The van der Waals surface area contributed by atoms with Crippen LogP contribution in [0.3, 0.4) is 0 Å². The zero-order valence-electron chi connectivity index (χ0n) is 19.5. The van der Waals surface area contributed by atoms with E-state index in [-0.39, 0.29) is 33.1 Å². The lowest BCUT2D eigenvalue weighted by Crippen LogP contribution is -2.71. The van der Waals surface area contributed by atoms with Gasteiger partial charge in [-0.05, 0) is 6.07 Å². The number of oxime groups is 1. The molecule has 0 bridgehead atoms. The number of nitrogens with two attached hydrogens (primary N) is 1. The van der Waals surface area contributed by atoms with Crippen LogP contribution in [-0.4, -0.2) is 67.2 Å². The Hall–Kier alpha value is -4.13. The van der Waals surface area contributed by atoms with Gasteiger partial charge in [-0.15, -0.1) is 11.8 Å². The van der Waals surface area contributed by atoms with Gasteiger partial charge in [-0.3, -0.25) is 14.5 Å². The van der Waals surface area contributed by atoms with Gasteiger partial charge < -0.3 is 21.0 Å². The number of nitrogen functional groups attached to an aromatic ring is 1. The number of thioether (sulfide) groups is 1. The number of aliphatic carboxylic acids is 1. The predicted molar refractivity (Wildman–Crippen MR) is 137 cm³/mol. The fourth-order valence-electron chi connectivity index (χ4n) is 4.24. The zero-order valence-corrected chi connectivity index (χ0v) is 21.9. The van der Waals surface area contributed by atoms with E-state index in [1.54, 1.807) is 35.4 Å². The molecule has 0 unspecified atom stereocenters. The first-order valence-corrected chi connectivity index (χ1v) is 13.1. The first-order chi connectivity index (χ1) is 18.2. The molecular formula is C22H18ClN8O5S2+. The molecule has 0 aliphatic carbocycles. The Kier molecular flexibility index (Phi) is 6.69. The van der Waals surface area contributed by atoms with Gasteiger partial charge in [0.2, 0.25) is 6.33 Å². The van der Waals surface area contributed by atoms with E-state index in [1.165, 1.54) is 23.8 Å². The molecule has 5 rings (SSSR count). The number of nitrogens with one attached hydrogen (secondary N) is 1. The number of fused-ring (bicyclic) bond motifs is 2. The van der Waals surface area contributed by atoms with Crippen molar-refractivity contribution in [1.29, 1.82) is 5.26 Å². The van der Waals surface area contributed by atoms with Crippen LogP contribution in [0.25, 0.3) is 5.52 Å². The van der Waals surface area contributed by atoms with Gasteiger partial charge in [0.15, 0.2) is 16.4 Å². The van der Waals surface area contributed by atoms with Gasteiger partial charge in [-0.25, -0.2) is 18.7 Å². The van der Waals surface area contributed by atoms with Crippen LogP contribution in [0.15, 0.2) is 47.3 Å². The Morgan fingerprint density at radius 1 is 1.50 bits per heavy atom. The monoisotopic (exact) mass is 573 g/mol. The maximum Gasteiger partial charge on any atom is 0.352 e. The Balaban J connectivity index is 1.37. The summed E-state index contributed by atoms with van der Waals surface area (Å²) in [6.45, 7) is 0.222. The van der Waals surface area contributed by atoms with Gasteiger partial charge in [0.25, 0.3) is 11.8 Å². The number of β-lactam (4-membered cyclic amide) rings is 1. The minimum atomic E-state index is -1.24. The van der Waals surface area contributed by atoms with E-state index in [0.29, 0.717) is 16.9 Å². The highest BCUT2D eigenvalue weighted by Crippen LogP contribution is 2.40. The number of nitrogens with zero attached hydrogens (tertiary/aromatic N) is 6. The van der Waals surface area contributed by atoms with Gasteiger partial charge in [0.1, 0.15) is 47.0 Å². The van der Waals surface area contributed by atoms with Crippen LogP contribution in [0.1, 0.15) is 11.3 Å². The highest BCUT2D eigenvalue weighted by atomic mass is 35.5. The Labute approximate surface area is 227 Å². The Morgan fingerprint density at radius 2 is 2.29 bits per heavy atom. The van der Waals surface area contributed by atoms with Gasteiger partial charge in [-0.1, -0.05) is 28.1 Å². The van der Waals surface area contributed by atoms with Gasteiger partial charge >= 0.3 is 5.97 Å². The van der Waals surface area contributed by atoms with Crippen molar-refractivity contribution in [3.8, 4) is 6.07 Å². The number of anilines is 1. The molecule has 2 atom stereocenters. The van der Waals surface area contributed by atoms with Crippen molar-refractivity contribution in [1.82, 2.24) is 19.6 Å². The SMILES string of the molecule is CO/N=C(\C(=O)N[C@@H]1C(=O)N2C(C(=O)O)=C(C[n+]3cc4cc(C#N)ccn4c3)CS[C@H]12)c1nc(N)sc1Cl. The number of nitriles is 1. The van der Waals surface area contributed by atoms with Crippen molar-refractivity contribution < 1.29 is 28.9 Å². The highest BCUT2D eigenvalue weighted by molar-refractivity contribution is 8.00. The van der Waals surface area contributed by atoms with E-state index >= 15 is 0 Å². The third-order valence-corrected chi connectivity index (χ3v) is 8.27. The van der Waals surface area contributed by atoms with Crippen LogP contribution in [0.5, 0.6) is 0 Å². The average Bonchev–Trinajstić information content (AvgIpc) is 3.45. The molecule has 2 aliphatic rings. The molecule has 5 heterocycles. The second kappa shape index (κ2) is 9.97. The number of imidazole rings is 1. The summed E-state index contributed by atoms with van der Waals surface area (Å²) in [5.74, 6) is -2.27. The van der Waals surface area contributed by atoms with Crippen molar-refractivity contribution in [3.05, 3.63) is 57.7 Å². The molecule has 194 valence electrons. The summed E-state index contributed by atoms with van der Waals surface area (Å²) >= 11 is 8.40. The van der Waals surface area contributed by atoms with Crippen LogP contribution in [0.4, 0.5) is 5.13 Å². The number of hydrogen-bond donors (Lipinski definition) is 3. The van der Waals surface area contributed by atoms with Crippen molar-refractivity contribution in [2.24, 2.45) is 5.16 Å². The number of aromatic nitrogens is 3. The number of carbonyl (C=O) groups excluding carboxylic acids is 2. The summed E-state index contributed by atoms with van der Waals surface area (Å²) < 4.78 is 3.72. The molecule has 2 amide bonds. The fraction of sp³-hybridized carbons (Fsp3) is 0.227. The van der Waals surface area contributed by atoms with Crippen molar-refractivity contribution in [3.63, 3.8) is 0 Å². The number of amides is 2. The largest absolute Gasteiger partial charge is 0.477 e. The lowest BCUT2D eigenvalue weighted by atomic mass is 10.0. The second-order valence-corrected chi connectivity index (χ2v) is 10.9. The molecule has 1 fully saturated rings. The number of halogens is 1. The minimum absolute atomic E-state index is 0.0146. The molecule has 3 aromatic heterocycles. The van der Waals surface area contributed by atoms with Gasteiger partial charge in [-0.2, -0.15) is 5.26 Å². The maximum absolute atomic E-state index is 13.1. The molecule has 1 saturated heterocycles.